The predicted octanol–water partition coefficient (Wildman–Crippen LogP) is 3.56. The first-order valence-electron chi connectivity index (χ1n) is 7.29. The highest BCUT2D eigenvalue weighted by Gasteiger charge is 2.19. The first-order valence-corrected chi connectivity index (χ1v) is 7.29. The second kappa shape index (κ2) is 6.24. The quantitative estimate of drug-likeness (QED) is 0.791. The molecule has 0 aliphatic heterocycles. The fourth-order valence-corrected chi connectivity index (χ4v) is 2.45. The molecule has 2 rings (SSSR count). The van der Waals surface area contributed by atoms with Crippen LogP contribution < -0.4 is 10.2 Å². The maximum atomic E-state index is 3.55. The molecule has 2 nitrogen and oxygen atoms in total. The summed E-state index contributed by atoms with van der Waals surface area (Å²) in [6, 6.07) is 10.5. The fourth-order valence-electron chi connectivity index (χ4n) is 2.45. The van der Waals surface area contributed by atoms with Gasteiger partial charge in [0.1, 0.15) is 0 Å². The van der Waals surface area contributed by atoms with Crippen molar-refractivity contribution >= 4 is 5.69 Å². The minimum absolute atomic E-state index is 0.653. The molecule has 0 heterocycles. The summed E-state index contributed by atoms with van der Waals surface area (Å²) in [6.45, 7) is 5.54. The zero-order chi connectivity index (χ0) is 13.0. The average molecular weight is 246 g/mol. The van der Waals surface area contributed by atoms with Gasteiger partial charge in [0.2, 0.25) is 0 Å². The number of nitrogens with one attached hydrogen (secondary N) is 1. The summed E-state index contributed by atoms with van der Waals surface area (Å²) in [5.41, 5.74) is 2.72. The van der Waals surface area contributed by atoms with Crippen LogP contribution >= 0.6 is 0 Å². The maximum Gasteiger partial charge on any atom is 0.0366 e. The van der Waals surface area contributed by atoms with E-state index in [-0.39, 0.29) is 0 Å². The molecule has 2 heteroatoms. The van der Waals surface area contributed by atoms with Gasteiger partial charge in [-0.3, -0.25) is 0 Å². The van der Waals surface area contributed by atoms with Crippen molar-refractivity contribution in [2.45, 2.75) is 58.2 Å². The highest BCUT2D eigenvalue weighted by molar-refractivity contribution is 5.47. The van der Waals surface area contributed by atoms with E-state index in [1.165, 1.54) is 36.9 Å². The molecule has 18 heavy (non-hydrogen) atoms. The van der Waals surface area contributed by atoms with Crippen molar-refractivity contribution in [3.05, 3.63) is 29.8 Å². The molecule has 0 aromatic heterocycles. The van der Waals surface area contributed by atoms with Gasteiger partial charge in [-0.2, -0.15) is 0 Å². The summed E-state index contributed by atoms with van der Waals surface area (Å²) in [6.07, 6.45) is 5.13. The van der Waals surface area contributed by atoms with Crippen LogP contribution in [0.5, 0.6) is 0 Å². The average Bonchev–Trinajstić information content (AvgIpc) is 3.22. The van der Waals surface area contributed by atoms with Gasteiger partial charge in [-0.1, -0.05) is 26.0 Å². The third-order valence-electron chi connectivity index (χ3n) is 4.01. The Hall–Kier alpha value is -1.02. The monoisotopic (exact) mass is 246 g/mol. The molecular weight excluding hydrogens is 220 g/mol. The predicted molar refractivity (Wildman–Crippen MR) is 79.1 cm³/mol. The van der Waals surface area contributed by atoms with Crippen molar-refractivity contribution in [2.24, 2.45) is 0 Å². The molecule has 1 aliphatic carbocycles. The van der Waals surface area contributed by atoms with Crippen LogP contribution in [0, 0.1) is 0 Å². The van der Waals surface area contributed by atoms with Crippen molar-refractivity contribution in [3.8, 4) is 0 Å². The zero-order valence-electron chi connectivity index (χ0n) is 11.9. The van der Waals surface area contributed by atoms with Crippen LogP contribution in [-0.2, 0) is 6.54 Å². The molecule has 100 valence electrons. The molecule has 0 radical (unpaired) electrons. The normalized spacial score (nSPS) is 15.1. The lowest BCUT2D eigenvalue weighted by Crippen LogP contribution is -2.30. The SMILES string of the molecule is CCC(CC)N(C)c1ccc(CNC2CC2)cc1. The van der Waals surface area contributed by atoms with Crippen LogP contribution in [0.3, 0.4) is 0 Å². The van der Waals surface area contributed by atoms with Crippen LogP contribution in [0.15, 0.2) is 24.3 Å². The molecule has 1 aromatic carbocycles. The van der Waals surface area contributed by atoms with Gasteiger partial charge in [-0.05, 0) is 43.4 Å². The fraction of sp³-hybridized carbons (Fsp3) is 0.625. The number of nitrogens with zero attached hydrogens (tertiary/aromatic N) is 1. The minimum Gasteiger partial charge on any atom is -0.372 e. The molecule has 1 aliphatic rings. The van der Waals surface area contributed by atoms with E-state index in [1.54, 1.807) is 0 Å². The van der Waals surface area contributed by atoms with E-state index in [0.717, 1.165) is 12.6 Å². The van der Waals surface area contributed by atoms with Crippen molar-refractivity contribution in [1.29, 1.82) is 0 Å². The molecule has 0 spiro atoms. The van der Waals surface area contributed by atoms with Gasteiger partial charge in [0.05, 0.1) is 0 Å². The highest BCUT2D eigenvalue weighted by atomic mass is 15.1. The Bertz CT molecular complexity index is 350. The Labute approximate surface area is 111 Å². The number of hydrogen-bond acceptors (Lipinski definition) is 2. The third kappa shape index (κ3) is 3.49. The van der Waals surface area contributed by atoms with Crippen LogP contribution in [0.1, 0.15) is 45.1 Å². The lowest BCUT2D eigenvalue weighted by Gasteiger charge is -2.28. The summed E-state index contributed by atoms with van der Waals surface area (Å²) in [4.78, 5) is 2.40. The van der Waals surface area contributed by atoms with Crippen LogP contribution in [0.2, 0.25) is 0 Å². The Kier molecular flexibility index (Phi) is 4.65. The van der Waals surface area contributed by atoms with E-state index < -0.39 is 0 Å². The molecule has 0 saturated heterocycles. The first-order chi connectivity index (χ1) is 8.74. The molecule has 1 aromatic rings. The molecule has 1 N–H and O–H groups in total. The Balaban J connectivity index is 1.92. The lowest BCUT2D eigenvalue weighted by atomic mass is 10.1. The van der Waals surface area contributed by atoms with Crippen molar-refractivity contribution in [1.82, 2.24) is 5.32 Å². The van der Waals surface area contributed by atoms with Crippen molar-refractivity contribution in [2.75, 3.05) is 11.9 Å². The van der Waals surface area contributed by atoms with Gasteiger partial charge in [0.15, 0.2) is 0 Å². The molecule has 0 unspecified atom stereocenters. The highest BCUT2D eigenvalue weighted by Crippen LogP contribution is 2.21. The topological polar surface area (TPSA) is 15.3 Å². The third-order valence-corrected chi connectivity index (χ3v) is 4.01. The molecule has 1 fully saturated rings. The van der Waals surface area contributed by atoms with E-state index in [0.29, 0.717) is 6.04 Å². The summed E-state index contributed by atoms with van der Waals surface area (Å²) in [7, 11) is 2.20. The number of anilines is 1. The van der Waals surface area contributed by atoms with Gasteiger partial charge in [-0.15, -0.1) is 0 Å². The second-order valence-corrected chi connectivity index (χ2v) is 5.40. The van der Waals surface area contributed by atoms with Crippen molar-refractivity contribution in [3.63, 3.8) is 0 Å². The Morgan fingerprint density at radius 1 is 1.17 bits per heavy atom. The number of rotatable bonds is 7. The van der Waals surface area contributed by atoms with Gasteiger partial charge in [0, 0.05) is 31.4 Å². The minimum atomic E-state index is 0.653. The maximum absolute atomic E-state index is 3.55. The standard InChI is InChI=1S/C16H26N2/c1-4-15(5-2)18(3)16-10-6-13(7-11-16)12-17-14-8-9-14/h6-7,10-11,14-15,17H,4-5,8-9,12H2,1-3H3. The number of hydrogen-bond donors (Lipinski definition) is 1. The summed E-state index contributed by atoms with van der Waals surface area (Å²) < 4.78 is 0. The Morgan fingerprint density at radius 2 is 1.78 bits per heavy atom. The summed E-state index contributed by atoms with van der Waals surface area (Å²) >= 11 is 0. The van der Waals surface area contributed by atoms with Gasteiger partial charge < -0.3 is 10.2 Å². The molecular formula is C16H26N2. The van der Waals surface area contributed by atoms with Crippen molar-refractivity contribution < 1.29 is 0 Å². The van der Waals surface area contributed by atoms with E-state index in [9.17, 15) is 0 Å². The van der Waals surface area contributed by atoms with Crippen LogP contribution in [-0.4, -0.2) is 19.1 Å². The molecule has 0 atom stereocenters. The Morgan fingerprint density at radius 3 is 2.28 bits per heavy atom. The molecule has 0 amide bonds. The van der Waals surface area contributed by atoms with Gasteiger partial charge in [0.25, 0.3) is 0 Å². The zero-order valence-corrected chi connectivity index (χ0v) is 11.9. The van der Waals surface area contributed by atoms with Gasteiger partial charge in [-0.25, -0.2) is 0 Å². The molecule has 0 bridgehead atoms. The van der Waals surface area contributed by atoms with E-state index in [2.05, 4.69) is 55.4 Å². The van der Waals surface area contributed by atoms with E-state index >= 15 is 0 Å². The summed E-state index contributed by atoms with van der Waals surface area (Å²) in [5.74, 6) is 0. The largest absolute Gasteiger partial charge is 0.372 e. The van der Waals surface area contributed by atoms with E-state index in [4.69, 9.17) is 0 Å². The van der Waals surface area contributed by atoms with Crippen LogP contribution in [0.25, 0.3) is 0 Å². The first kappa shape index (κ1) is 13.4. The second-order valence-electron chi connectivity index (χ2n) is 5.40. The van der Waals surface area contributed by atoms with Crippen LogP contribution in [0.4, 0.5) is 5.69 Å². The summed E-state index contributed by atoms with van der Waals surface area (Å²) in [5, 5.41) is 3.55. The smallest absolute Gasteiger partial charge is 0.0366 e. The lowest BCUT2D eigenvalue weighted by molar-refractivity contribution is 0.591. The molecule has 1 saturated carbocycles. The van der Waals surface area contributed by atoms with Gasteiger partial charge >= 0.3 is 0 Å². The number of benzene rings is 1. The van der Waals surface area contributed by atoms with E-state index in [1.807, 2.05) is 0 Å².